The molecule has 0 saturated carbocycles. The molecule has 3 aromatic carbocycles. The van der Waals surface area contributed by atoms with Crippen LogP contribution in [0.4, 0.5) is 0 Å². The van der Waals surface area contributed by atoms with Crippen LogP contribution in [0.1, 0.15) is 38.9 Å². The summed E-state index contributed by atoms with van der Waals surface area (Å²) in [6.07, 6.45) is 6.42. The van der Waals surface area contributed by atoms with Crippen LogP contribution in [-0.2, 0) is 26.3 Å². The van der Waals surface area contributed by atoms with Gasteiger partial charge in [-0.25, -0.2) is 0 Å². The van der Waals surface area contributed by atoms with Crippen molar-refractivity contribution in [3.8, 4) is 46.3 Å². The van der Waals surface area contributed by atoms with Crippen molar-refractivity contribution < 1.29 is 18.9 Å². The van der Waals surface area contributed by atoms with Gasteiger partial charge in [0.05, 0.1) is 16.1 Å². The lowest BCUT2D eigenvalue weighted by Crippen LogP contribution is -2.15. The first-order valence-corrected chi connectivity index (χ1v) is 15.3. The molecule has 0 spiro atoms. The molecule has 0 unspecified atom stereocenters. The maximum absolute atomic E-state index is 9.28. The number of benzene rings is 3. The molecule has 9 nitrogen and oxygen atoms in total. The molecule has 47 heavy (non-hydrogen) atoms. The quantitative estimate of drug-likeness (QED) is 0.161. The number of aromatic nitrogens is 2. The van der Waals surface area contributed by atoms with Gasteiger partial charge in [0.15, 0.2) is 11.5 Å². The van der Waals surface area contributed by atoms with Crippen LogP contribution in [0.5, 0.6) is 23.0 Å². The fourth-order valence-electron chi connectivity index (χ4n) is 5.25. The van der Waals surface area contributed by atoms with Crippen molar-refractivity contribution in [1.82, 2.24) is 15.3 Å². The average molecular weight is 644 g/mol. The molecule has 0 fully saturated rings. The van der Waals surface area contributed by atoms with E-state index in [1.807, 2.05) is 36.4 Å². The van der Waals surface area contributed by atoms with E-state index >= 15 is 0 Å². The van der Waals surface area contributed by atoms with E-state index in [9.17, 15) is 10.5 Å². The highest BCUT2D eigenvalue weighted by Gasteiger charge is 2.16. The van der Waals surface area contributed by atoms with E-state index in [0.717, 1.165) is 50.4 Å². The molecule has 234 valence electrons. The molecule has 6 rings (SSSR count). The van der Waals surface area contributed by atoms with Gasteiger partial charge in [0.25, 0.3) is 0 Å². The van der Waals surface area contributed by atoms with Crippen molar-refractivity contribution >= 4 is 11.6 Å². The number of ether oxygens (including phenoxy) is 4. The third kappa shape index (κ3) is 7.62. The summed E-state index contributed by atoms with van der Waals surface area (Å²) in [6.45, 7) is 4.55. The predicted molar refractivity (Wildman–Crippen MR) is 176 cm³/mol. The zero-order valence-electron chi connectivity index (χ0n) is 25.6. The molecule has 0 atom stereocenters. The van der Waals surface area contributed by atoms with E-state index in [1.165, 1.54) is 12.4 Å². The first-order chi connectivity index (χ1) is 23.0. The third-order valence-electron chi connectivity index (χ3n) is 7.68. The summed E-state index contributed by atoms with van der Waals surface area (Å²) in [4.78, 5) is 8.27. The molecule has 0 amide bonds. The molecule has 3 heterocycles. The molecule has 0 bridgehead atoms. The van der Waals surface area contributed by atoms with E-state index < -0.39 is 0 Å². The Morgan fingerprint density at radius 1 is 0.766 bits per heavy atom. The molecule has 10 heteroatoms. The van der Waals surface area contributed by atoms with E-state index in [1.54, 1.807) is 30.6 Å². The van der Waals surface area contributed by atoms with Gasteiger partial charge in [0.1, 0.15) is 50.1 Å². The zero-order valence-corrected chi connectivity index (χ0v) is 26.4. The standard InChI is InChI=1S/C37H30ClN5O4/c1-24-30(3-2-4-32(24)29-5-6-34-37(12-29)45-8-7-44-34)23-47-36-13-35(46-22-28-10-26(15-40)17-42-20-28)31(11-33(36)38)21-43-19-27-9-25(14-39)16-41-18-27/h2-6,9-13,16-18,20,43H,7-8,19,21-23H2,1H3. The van der Waals surface area contributed by atoms with Crippen molar-refractivity contribution in [3.63, 3.8) is 0 Å². The summed E-state index contributed by atoms with van der Waals surface area (Å²) in [6, 6.07) is 23.5. The minimum absolute atomic E-state index is 0.196. The molecule has 1 aliphatic heterocycles. The Balaban J connectivity index is 1.21. The second-order valence-corrected chi connectivity index (χ2v) is 11.3. The van der Waals surface area contributed by atoms with Gasteiger partial charge in [-0.3, -0.25) is 9.97 Å². The molecule has 0 aliphatic carbocycles. The van der Waals surface area contributed by atoms with Crippen LogP contribution in [0.25, 0.3) is 11.1 Å². The Morgan fingerprint density at radius 3 is 2.28 bits per heavy atom. The first-order valence-electron chi connectivity index (χ1n) is 15.0. The van der Waals surface area contributed by atoms with Crippen molar-refractivity contribution in [1.29, 1.82) is 10.5 Å². The second kappa shape index (κ2) is 14.7. The molecule has 1 aliphatic rings. The molecular weight excluding hydrogens is 614 g/mol. The smallest absolute Gasteiger partial charge is 0.161 e. The van der Waals surface area contributed by atoms with Gasteiger partial charge in [0.2, 0.25) is 0 Å². The summed E-state index contributed by atoms with van der Waals surface area (Å²) < 4.78 is 24.0. The van der Waals surface area contributed by atoms with Crippen LogP contribution >= 0.6 is 11.6 Å². The maximum atomic E-state index is 9.28. The molecule has 0 saturated heterocycles. The largest absolute Gasteiger partial charge is 0.488 e. The lowest BCUT2D eigenvalue weighted by Gasteiger charge is -2.20. The number of nitrogens with zero attached hydrogens (tertiary/aromatic N) is 4. The fraction of sp³-hybridized carbons (Fsp3) is 0.189. The minimum atomic E-state index is 0.196. The Labute approximate surface area is 277 Å². The van der Waals surface area contributed by atoms with Crippen LogP contribution in [0.15, 0.2) is 85.5 Å². The van der Waals surface area contributed by atoms with Crippen LogP contribution in [0.2, 0.25) is 5.02 Å². The highest BCUT2D eigenvalue weighted by atomic mass is 35.5. The SMILES string of the molecule is Cc1c(COc2cc(OCc3cncc(C#N)c3)c(CNCc3cncc(C#N)c3)cc2Cl)cccc1-c1ccc2c(c1)OCCO2. The van der Waals surface area contributed by atoms with E-state index in [-0.39, 0.29) is 13.2 Å². The molecular formula is C37H30ClN5O4. The fourth-order valence-corrected chi connectivity index (χ4v) is 5.49. The lowest BCUT2D eigenvalue weighted by atomic mass is 9.96. The van der Waals surface area contributed by atoms with Crippen LogP contribution in [0.3, 0.4) is 0 Å². The summed E-state index contributed by atoms with van der Waals surface area (Å²) in [5.74, 6) is 2.54. The Morgan fingerprint density at radius 2 is 1.49 bits per heavy atom. The number of halogens is 1. The van der Waals surface area contributed by atoms with Crippen LogP contribution in [0, 0.1) is 29.6 Å². The van der Waals surface area contributed by atoms with Gasteiger partial charge in [0, 0.05) is 55.1 Å². The van der Waals surface area contributed by atoms with E-state index in [4.69, 9.17) is 30.5 Å². The van der Waals surface area contributed by atoms with Crippen molar-refractivity contribution in [3.05, 3.63) is 129 Å². The van der Waals surface area contributed by atoms with Crippen molar-refractivity contribution in [2.24, 2.45) is 0 Å². The number of nitrogens with one attached hydrogen (secondary N) is 1. The van der Waals surface area contributed by atoms with Gasteiger partial charge >= 0.3 is 0 Å². The third-order valence-corrected chi connectivity index (χ3v) is 7.98. The molecule has 0 radical (unpaired) electrons. The number of pyridine rings is 2. The monoisotopic (exact) mass is 643 g/mol. The van der Waals surface area contributed by atoms with Crippen LogP contribution in [-0.4, -0.2) is 23.2 Å². The summed E-state index contributed by atoms with van der Waals surface area (Å²) in [5.41, 5.74) is 7.60. The summed E-state index contributed by atoms with van der Waals surface area (Å²) in [5, 5.41) is 22.3. The zero-order chi connectivity index (χ0) is 32.6. The van der Waals surface area contributed by atoms with E-state index in [0.29, 0.717) is 54.0 Å². The van der Waals surface area contributed by atoms with E-state index in [2.05, 4.69) is 40.4 Å². The highest BCUT2D eigenvalue weighted by molar-refractivity contribution is 6.32. The second-order valence-electron chi connectivity index (χ2n) is 10.9. The maximum Gasteiger partial charge on any atom is 0.161 e. The Kier molecular flexibility index (Phi) is 9.78. The summed E-state index contributed by atoms with van der Waals surface area (Å²) in [7, 11) is 0. The predicted octanol–water partition coefficient (Wildman–Crippen LogP) is 7.07. The average Bonchev–Trinajstić information content (AvgIpc) is 3.11. The van der Waals surface area contributed by atoms with Gasteiger partial charge in [-0.15, -0.1) is 0 Å². The van der Waals surface area contributed by atoms with Gasteiger partial charge in [-0.2, -0.15) is 10.5 Å². The number of fused-ring (bicyclic) bond motifs is 1. The lowest BCUT2D eigenvalue weighted by molar-refractivity contribution is 0.171. The van der Waals surface area contributed by atoms with Gasteiger partial charge in [-0.05, 0) is 65.1 Å². The summed E-state index contributed by atoms with van der Waals surface area (Å²) >= 11 is 6.77. The van der Waals surface area contributed by atoms with Gasteiger partial charge < -0.3 is 24.3 Å². The topological polar surface area (TPSA) is 122 Å². The number of rotatable bonds is 11. The minimum Gasteiger partial charge on any atom is -0.488 e. The normalized spacial score (nSPS) is 11.7. The Hall–Kier alpha value is -5.61. The van der Waals surface area contributed by atoms with Crippen molar-refractivity contribution in [2.45, 2.75) is 33.2 Å². The first kappa shape index (κ1) is 31.4. The van der Waals surface area contributed by atoms with Gasteiger partial charge in [-0.1, -0.05) is 35.9 Å². The number of nitriles is 2. The van der Waals surface area contributed by atoms with Crippen molar-refractivity contribution in [2.75, 3.05) is 13.2 Å². The molecule has 2 aromatic heterocycles. The Bertz CT molecular complexity index is 2000. The number of hydrogen-bond donors (Lipinski definition) is 1. The molecule has 5 aromatic rings. The highest BCUT2D eigenvalue weighted by Crippen LogP contribution is 2.37. The molecule has 1 N–H and O–H groups in total. The number of hydrogen-bond acceptors (Lipinski definition) is 9. The van der Waals surface area contributed by atoms with Crippen LogP contribution < -0.4 is 24.3 Å².